The first-order chi connectivity index (χ1) is 6.22. The molecule has 0 saturated heterocycles. The average Bonchev–Trinajstić information content (AvgIpc) is 1.97. The minimum atomic E-state index is -0.507. The maximum absolute atomic E-state index is 11.4. The van der Waals surface area contributed by atoms with Gasteiger partial charge in [-0.3, -0.25) is 9.59 Å². The third-order valence-electron chi connectivity index (χ3n) is 1.80. The third-order valence-corrected chi connectivity index (χ3v) is 1.80. The summed E-state index contributed by atoms with van der Waals surface area (Å²) >= 11 is 0. The van der Waals surface area contributed by atoms with Crippen LogP contribution in [0.1, 0.15) is 26.7 Å². The van der Waals surface area contributed by atoms with Crippen LogP contribution < -0.4 is 11.5 Å². The Labute approximate surface area is 84.4 Å². The van der Waals surface area contributed by atoms with Gasteiger partial charge >= 0.3 is 0 Å². The van der Waals surface area contributed by atoms with E-state index < -0.39 is 5.91 Å². The molecule has 5 nitrogen and oxygen atoms in total. The molecule has 14 heavy (non-hydrogen) atoms. The van der Waals surface area contributed by atoms with Crippen LogP contribution in [0.4, 0.5) is 0 Å². The van der Waals surface area contributed by atoms with Gasteiger partial charge in [0.15, 0.2) is 0 Å². The fourth-order valence-electron chi connectivity index (χ4n) is 0.942. The highest BCUT2D eigenvalue weighted by Gasteiger charge is 2.16. The molecular weight excluding hydrogens is 182 g/mol. The first-order valence-electron chi connectivity index (χ1n) is 4.53. The van der Waals surface area contributed by atoms with Crippen molar-refractivity contribution < 1.29 is 9.59 Å². The summed E-state index contributed by atoms with van der Waals surface area (Å²) in [6, 6.07) is 0. The van der Waals surface area contributed by atoms with Gasteiger partial charge in [0.1, 0.15) is 0 Å². The van der Waals surface area contributed by atoms with Gasteiger partial charge in [-0.1, -0.05) is 0 Å². The van der Waals surface area contributed by atoms with Crippen molar-refractivity contribution in [3.63, 3.8) is 0 Å². The highest BCUT2D eigenvalue weighted by Crippen LogP contribution is 2.08. The molecule has 0 aliphatic heterocycles. The standard InChI is InChI=1S/C9H19N3O2/c1-9(2,11)5-4-8(14)12(3)6-7(10)13/h4-6,11H2,1-3H3,(H2,10,13). The minimum absolute atomic E-state index is 0.0379. The molecule has 0 aromatic heterocycles. The lowest BCUT2D eigenvalue weighted by atomic mass is 10.00. The number of nitrogens with two attached hydrogens (primary N) is 2. The minimum Gasteiger partial charge on any atom is -0.368 e. The van der Waals surface area contributed by atoms with E-state index in [-0.39, 0.29) is 18.0 Å². The molecule has 5 heteroatoms. The smallest absolute Gasteiger partial charge is 0.237 e. The van der Waals surface area contributed by atoms with E-state index in [1.807, 2.05) is 13.8 Å². The number of amides is 2. The summed E-state index contributed by atoms with van der Waals surface area (Å²) < 4.78 is 0. The maximum Gasteiger partial charge on any atom is 0.237 e. The molecular formula is C9H19N3O2. The van der Waals surface area contributed by atoms with Crippen LogP contribution in [0.5, 0.6) is 0 Å². The van der Waals surface area contributed by atoms with Crippen molar-refractivity contribution >= 4 is 11.8 Å². The summed E-state index contributed by atoms with van der Waals surface area (Å²) in [6.45, 7) is 3.67. The number of rotatable bonds is 5. The Bertz CT molecular complexity index is 221. The van der Waals surface area contributed by atoms with Crippen molar-refractivity contribution in [2.75, 3.05) is 13.6 Å². The first-order valence-corrected chi connectivity index (χ1v) is 4.53. The van der Waals surface area contributed by atoms with E-state index in [1.165, 1.54) is 4.90 Å². The summed E-state index contributed by atoms with van der Waals surface area (Å²) in [5.74, 6) is -0.616. The van der Waals surface area contributed by atoms with Crippen LogP contribution in [0, 0.1) is 0 Å². The molecule has 2 amide bonds. The van der Waals surface area contributed by atoms with Gasteiger partial charge in [-0.15, -0.1) is 0 Å². The molecule has 0 unspecified atom stereocenters. The number of nitrogens with zero attached hydrogens (tertiary/aromatic N) is 1. The number of hydrogen-bond donors (Lipinski definition) is 2. The molecule has 0 rings (SSSR count). The molecule has 0 radical (unpaired) electrons. The zero-order valence-electron chi connectivity index (χ0n) is 9.04. The molecule has 0 heterocycles. The predicted molar refractivity (Wildman–Crippen MR) is 54.3 cm³/mol. The molecule has 0 spiro atoms. The van der Waals surface area contributed by atoms with Crippen LogP contribution in [0.15, 0.2) is 0 Å². The Balaban J connectivity index is 3.91. The van der Waals surface area contributed by atoms with Gasteiger partial charge in [0.25, 0.3) is 0 Å². The largest absolute Gasteiger partial charge is 0.368 e. The van der Waals surface area contributed by atoms with Gasteiger partial charge in [-0.25, -0.2) is 0 Å². The highest BCUT2D eigenvalue weighted by molar-refractivity contribution is 5.83. The Morgan fingerprint density at radius 1 is 1.36 bits per heavy atom. The topological polar surface area (TPSA) is 89.4 Å². The lowest BCUT2D eigenvalue weighted by Gasteiger charge is -2.20. The van der Waals surface area contributed by atoms with Crippen LogP contribution >= 0.6 is 0 Å². The Morgan fingerprint density at radius 3 is 2.21 bits per heavy atom. The van der Waals surface area contributed by atoms with Gasteiger partial charge in [-0.05, 0) is 20.3 Å². The summed E-state index contributed by atoms with van der Waals surface area (Å²) in [4.78, 5) is 23.2. The van der Waals surface area contributed by atoms with Gasteiger partial charge in [-0.2, -0.15) is 0 Å². The number of carbonyl (C=O) groups excluding carboxylic acids is 2. The Hall–Kier alpha value is -1.10. The van der Waals surface area contributed by atoms with Crippen molar-refractivity contribution in [2.45, 2.75) is 32.2 Å². The van der Waals surface area contributed by atoms with Crippen LogP contribution in [-0.2, 0) is 9.59 Å². The van der Waals surface area contributed by atoms with E-state index in [2.05, 4.69) is 0 Å². The molecule has 82 valence electrons. The second-order valence-corrected chi connectivity index (χ2v) is 4.20. The van der Waals surface area contributed by atoms with Crippen LogP contribution in [0.25, 0.3) is 0 Å². The quantitative estimate of drug-likeness (QED) is 0.625. The SMILES string of the molecule is CN(CC(N)=O)C(=O)CCC(C)(C)N. The fourth-order valence-corrected chi connectivity index (χ4v) is 0.942. The number of hydrogen-bond acceptors (Lipinski definition) is 3. The van der Waals surface area contributed by atoms with E-state index in [0.29, 0.717) is 12.8 Å². The van der Waals surface area contributed by atoms with Gasteiger partial charge in [0, 0.05) is 19.0 Å². The summed E-state index contributed by atoms with van der Waals surface area (Å²) in [7, 11) is 1.55. The van der Waals surface area contributed by atoms with Gasteiger partial charge in [0.05, 0.1) is 6.54 Å². The van der Waals surface area contributed by atoms with Gasteiger partial charge in [0.2, 0.25) is 11.8 Å². The molecule has 0 saturated carbocycles. The third kappa shape index (κ3) is 6.42. The number of primary amides is 1. The molecule has 0 aromatic rings. The van der Waals surface area contributed by atoms with Crippen molar-refractivity contribution in [1.29, 1.82) is 0 Å². The molecule has 0 bridgehead atoms. The van der Waals surface area contributed by atoms with Gasteiger partial charge < -0.3 is 16.4 Å². The summed E-state index contributed by atoms with van der Waals surface area (Å²) in [5.41, 5.74) is 10.3. The van der Waals surface area contributed by atoms with E-state index in [1.54, 1.807) is 7.05 Å². The molecule has 4 N–H and O–H groups in total. The maximum atomic E-state index is 11.4. The molecule has 0 aliphatic carbocycles. The summed E-state index contributed by atoms with van der Waals surface area (Å²) in [5, 5.41) is 0. The predicted octanol–water partition coefficient (Wildman–Crippen LogP) is -0.552. The summed E-state index contributed by atoms with van der Waals surface area (Å²) in [6.07, 6.45) is 0.933. The highest BCUT2D eigenvalue weighted by atomic mass is 16.2. The van der Waals surface area contributed by atoms with Crippen molar-refractivity contribution in [3.8, 4) is 0 Å². The van der Waals surface area contributed by atoms with E-state index in [4.69, 9.17) is 11.5 Å². The van der Waals surface area contributed by atoms with E-state index >= 15 is 0 Å². The fraction of sp³-hybridized carbons (Fsp3) is 0.778. The normalized spacial score (nSPS) is 11.1. The molecule has 0 aromatic carbocycles. The van der Waals surface area contributed by atoms with Crippen molar-refractivity contribution in [1.82, 2.24) is 4.90 Å². The second-order valence-electron chi connectivity index (χ2n) is 4.20. The monoisotopic (exact) mass is 201 g/mol. The lowest BCUT2D eigenvalue weighted by molar-refractivity contribution is -0.134. The lowest BCUT2D eigenvalue weighted by Crippen LogP contribution is -2.38. The zero-order valence-corrected chi connectivity index (χ0v) is 9.04. The number of likely N-dealkylation sites (N-methyl/N-ethyl adjacent to an activating group) is 1. The molecule has 0 fully saturated rings. The molecule has 0 atom stereocenters. The number of carbonyl (C=O) groups is 2. The van der Waals surface area contributed by atoms with Crippen LogP contribution in [0.2, 0.25) is 0 Å². The van der Waals surface area contributed by atoms with E-state index in [9.17, 15) is 9.59 Å². The van der Waals surface area contributed by atoms with Crippen molar-refractivity contribution in [3.05, 3.63) is 0 Å². The zero-order chi connectivity index (χ0) is 11.4. The first kappa shape index (κ1) is 12.9. The second kappa shape index (κ2) is 4.95. The van der Waals surface area contributed by atoms with Crippen LogP contribution in [0.3, 0.4) is 0 Å². The van der Waals surface area contributed by atoms with Crippen LogP contribution in [-0.4, -0.2) is 35.8 Å². The average molecular weight is 201 g/mol. The Kier molecular flexibility index (Phi) is 4.56. The van der Waals surface area contributed by atoms with E-state index in [0.717, 1.165) is 0 Å². The van der Waals surface area contributed by atoms with Crippen molar-refractivity contribution in [2.24, 2.45) is 11.5 Å². The Morgan fingerprint density at radius 2 is 1.86 bits per heavy atom. The molecule has 0 aliphatic rings.